The highest BCUT2D eigenvalue weighted by Gasteiger charge is 2.13. The number of carbonyl (C=O) groups is 1. The molecule has 0 bridgehead atoms. The highest BCUT2D eigenvalue weighted by molar-refractivity contribution is 7.85. The topological polar surface area (TPSA) is 129 Å². The van der Waals surface area contributed by atoms with Crippen LogP contribution in [0.5, 0.6) is 0 Å². The largest absolute Gasteiger partial charge is 0.481 e. The van der Waals surface area contributed by atoms with Gasteiger partial charge in [-0.15, -0.1) is 0 Å². The van der Waals surface area contributed by atoms with Crippen molar-refractivity contribution in [2.24, 2.45) is 0 Å². The van der Waals surface area contributed by atoms with Gasteiger partial charge in [-0.1, -0.05) is 0 Å². The molecule has 3 N–H and O–H groups in total. The maximum absolute atomic E-state index is 11.9. The Labute approximate surface area is 125 Å². The Hall–Kier alpha value is -2.39. The van der Waals surface area contributed by atoms with Crippen molar-refractivity contribution < 1.29 is 22.9 Å². The van der Waals surface area contributed by atoms with Gasteiger partial charge in [-0.3, -0.25) is 19.2 Å². The number of hydrogen-bond donors (Lipinski definition) is 3. The lowest BCUT2D eigenvalue weighted by atomic mass is 10.2. The van der Waals surface area contributed by atoms with Crippen LogP contribution in [0.3, 0.4) is 0 Å². The second-order valence-electron chi connectivity index (χ2n) is 4.77. The molecule has 0 saturated carbocycles. The smallest absolute Gasteiger partial charge is 0.303 e. The van der Waals surface area contributed by atoms with Crippen LogP contribution in [0.4, 0.5) is 0 Å². The number of nitrogens with one attached hydrogen (secondary N) is 1. The van der Waals surface area contributed by atoms with Crippen molar-refractivity contribution in [3.63, 3.8) is 0 Å². The Kier molecular flexibility index (Phi) is 4.20. The van der Waals surface area contributed by atoms with E-state index in [4.69, 9.17) is 9.66 Å². The van der Waals surface area contributed by atoms with E-state index in [1.54, 1.807) is 6.92 Å². The molecule has 1 aromatic heterocycles. The van der Waals surface area contributed by atoms with Gasteiger partial charge in [0, 0.05) is 11.8 Å². The third kappa shape index (κ3) is 3.43. The van der Waals surface area contributed by atoms with Crippen LogP contribution < -0.4 is 5.56 Å². The first-order valence-electron chi connectivity index (χ1n) is 6.30. The Morgan fingerprint density at radius 3 is 2.55 bits per heavy atom. The zero-order valence-corrected chi connectivity index (χ0v) is 12.4. The van der Waals surface area contributed by atoms with E-state index in [-0.39, 0.29) is 23.3 Å². The van der Waals surface area contributed by atoms with Crippen LogP contribution in [-0.2, 0) is 21.3 Å². The SMILES string of the molecule is Cc1cc(S(=O)(=O)O)ccc1-n1[nH]c(CCC(=O)O)cc1=O. The molecule has 1 aromatic carbocycles. The summed E-state index contributed by atoms with van der Waals surface area (Å²) in [7, 11) is -4.31. The Balaban J connectivity index is 2.40. The van der Waals surface area contributed by atoms with Crippen molar-refractivity contribution in [2.75, 3.05) is 0 Å². The summed E-state index contributed by atoms with van der Waals surface area (Å²) >= 11 is 0. The maximum Gasteiger partial charge on any atom is 0.303 e. The van der Waals surface area contributed by atoms with Gasteiger partial charge in [-0.05, 0) is 37.1 Å². The number of benzene rings is 1. The standard InChI is InChI=1S/C13H14N2O6S/c1-8-6-10(22(19,20)21)3-4-11(8)15-12(16)7-9(14-15)2-5-13(17)18/h3-4,6-7,14H,2,5H2,1H3,(H,17,18)(H,19,20,21). The molecule has 2 aromatic rings. The number of H-pyrrole nitrogens is 1. The first-order valence-corrected chi connectivity index (χ1v) is 7.74. The number of nitrogens with zero attached hydrogens (tertiary/aromatic N) is 1. The van der Waals surface area contributed by atoms with Crippen LogP contribution in [-0.4, -0.2) is 33.8 Å². The van der Waals surface area contributed by atoms with Gasteiger partial charge < -0.3 is 5.11 Å². The highest BCUT2D eigenvalue weighted by Crippen LogP contribution is 2.17. The summed E-state index contributed by atoms with van der Waals surface area (Å²) in [4.78, 5) is 22.2. The fourth-order valence-corrected chi connectivity index (χ4v) is 2.60. The molecular weight excluding hydrogens is 312 g/mol. The van der Waals surface area contributed by atoms with Crippen molar-refractivity contribution in [1.82, 2.24) is 9.78 Å². The van der Waals surface area contributed by atoms with Crippen LogP contribution in [0.1, 0.15) is 17.7 Å². The van der Waals surface area contributed by atoms with E-state index in [0.717, 1.165) is 0 Å². The summed E-state index contributed by atoms with van der Waals surface area (Å²) in [5, 5.41) is 11.4. The van der Waals surface area contributed by atoms with E-state index in [0.29, 0.717) is 16.9 Å². The summed E-state index contributed by atoms with van der Waals surface area (Å²) in [5.74, 6) is -0.970. The molecule has 0 aliphatic rings. The molecule has 0 spiro atoms. The average Bonchev–Trinajstić information content (AvgIpc) is 2.76. The second-order valence-corrected chi connectivity index (χ2v) is 6.19. The van der Waals surface area contributed by atoms with Gasteiger partial charge in [0.1, 0.15) is 0 Å². The molecule has 9 heteroatoms. The molecule has 1 heterocycles. The summed E-state index contributed by atoms with van der Waals surface area (Å²) in [6.45, 7) is 1.59. The molecule has 0 atom stereocenters. The maximum atomic E-state index is 11.9. The van der Waals surface area contributed by atoms with Gasteiger partial charge in [0.2, 0.25) is 0 Å². The fraction of sp³-hybridized carbons (Fsp3) is 0.231. The average molecular weight is 326 g/mol. The zero-order valence-electron chi connectivity index (χ0n) is 11.6. The first-order chi connectivity index (χ1) is 10.2. The van der Waals surface area contributed by atoms with Gasteiger partial charge in [-0.25, -0.2) is 4.68 Å². The van der Waals surface area contributed by atoms with Gasteiger partial charge >= 0.3 is 5.97 Å². The minimum atomic E-state index is -4.31. The van der Waals surface area contributed by atoms with Crippen LogP contribution in [0.15, 0.2) is 34.0 Å². The molecule has 22 heavy (non-hydrogen) atoms. The van der Waals surface area contributed by atoms with E-state index in [2.05, 4.69) is 5.10 Å². The van der Waals surface area contributed by atoms with E-state index < -0.39 is 16.1 Å². The van der Waals surface area contributed by atoms with Crippen molar-refractivity contribution in [1.29, 1.82) is 0 Å². The predicted molar refractivity (Wildman–Crippen MR) is 76.9 cm³/mol. The summed E-state index contributed by atoms with van der Waals surface area (Å²) in [6.07, 6.45) is 0.0698. The number of aryl methyl sites for hydroxylation is 2. The molecule has 0 aliphatic carbocycles. The number of aliphatic carboxylic acids is 1. The number of carboxylic acids is 1. The number of aromatic amines is 1. The minimum absolute atomic E-state index is 0.110. The quantitative estimate of drug-likeness (QED) is 0.695. The molecule has 8 nitrogen and oxygen atoms in total. The zero-order chi connectivity index (χ0) is 16.5. The van der Waals surface area contributed by atoms with Crippen molar-refractivity contribution in [3.8, 4) is 5.69 Å². The van der Waals surface area contributed by atoms with Gasteiger partial charge in [0.25, 0.3) is 15.7 Å². The Bertz CT molecular complexity index is 878. The monoisotopic (exact) mass is 326 g/mol. The Morgan fingerprint density at radius 1 is 1.32 bits per heavy atom. The minimum Gasteiger partial charge on any atom is -0.481 e. The van der Waals surface area contributed by atoms with Crippen LogP contribution in [0.2, 0.25) is 0 Å². The molecule has 0 saturated heterocycles. The molecule has 118 valence electrons. The van der Waals surface area contributed by atoms with E-state index >= 15 is 0 Å². The van der Waals surface area contributed by atoms with Crippen molar-refractivity contribution in [3.05, 3.63) is 45.9 Å². The summed E-state index contributed by atoms with van der Waals surface area (Å²) < 4.78 is 32.3. The molecule has 0 amide bonds. The van der Waals surface area contributed by atoms with Crippen LogP contribution in [0, 0.1) is 6.92 Å². The third-order valence-electron chi connectivity index (χ3n) is 3.09. The van der Waals surface area contributed by atoms with Crippen LogP contribution >= 0.6 is 0 Å². The lowest BCUT2D eigenvalue weighted by Crippen LogP contribution is -2.15. The van der Waals surface area contributed by atoms with Gasteiger partial charge in [-0.2, -0.15) is 8.42 Å². The summed E-state index contributed by atoms with van der Waals surface area (Å²) in [5.41, 5.74) is 0.955. The van der Waals surface area contributed by atoms with E-state index in [1.807, 2.05) is 0 Å². The molecular formula is C13H14N2O6S. The molecule has 2 rings (SSSR count). The normalized spacial score (nSPS) is 11.5. The molecule has 0 aliphatic heterocycles. The van der Waals surface area contributed by atoms with Gasteiger partial charge in [0.05, 0.1) is 17.0 Å². The summed E-state index contributed by atoms with van der Waals surface area (Å²) in [6, 6.07) is 5.10. The van der Waals surface area contributed by atoms with Crippen molar-refractivity contribution >= 4 is 16.1 Å². The van der Waals surface area contributed by atoms with E-state index in [1.165, 1.54) is 28.9 Å². The number of aromatic nitrogens is 2. The lowest BCUT2D eigenvalue weighted by Gasteiger charge is -2.07. The first kappa shape index (κ1) is 16.0. The van der Waals surface area contributed by atoms with Crippen molar-refractivity contribution in [2.45, 2.75) is 24.7 Å². The fourth-order valence-electron chi connectivity index (χ4n) is 2.03. The van der Waals surface area contributed by atoms with Crippen LogP contribution in [0.25, 0.3) is 5.69 Å². The lowest BCUT2D eigenvalue weighted by molar-refractivity contribution is -0.136. The second kappa shape index (κ2) is 5.78. The molecule has 0 radical (unpaired) electrons. The Morgan fingerprint density at radius 2 is 2.00 bits per heavy atom. The number of hydrogen-bond acceptors (Lipinski definition) is 4. The number of carboxylic acid groups (broad SMARTS) is 1. The highest BCUT2D eigenvalue weighted by atomic mass is 32.2. The van der Waals surface area contributed by atoms with E-state index in [9.17, 15) is 18.0 Å². The molecule has 0 fully saturated rings. The predicted octanol–water partition coefficient (Wildman–Crippen LogP) is 0.738. The molecule has 0 unspecified atom stereocenters. The van der Waals surface area contributed by atoms with Gasteiger partial charge in [0.15, 0.2) is 0 Å². The number of rotatable bonds is 5. The third-order valence-corrected chi connectivity index (χ3v) is 3.94.